The summed E-state index contributed by atoms with van der Waals surface area (Å²) in [5.41, 5.74) is 0. The van der Waals surface area contributed by atoms with E-state index in [0.29, 0.717) is 17.6 Å². The van der Waals surface area contributed by atoms with Crippen molar-refractivity contribution in [3.05, 3.63) is 0 Å². The van der Waals surface area contributed by atoms with Crippen molar-refractivity contribution < 1.29 is 4.79 Å². The second kappa shape index (κ2) is 0.992. The van der Waals surface area contributed by atoms with Gasteiger partial charge in [-0.05, 0) is 36.5 Å². The highest BCUT2D eigenvalue weighted by Crippen LogP contribution is 2.78. The van der Waals surface area contributed by atoms with Crippen molar-refractivity contribution in [1.82, 2.24) is 0 Å². The Morgan fingerprint density at radius 3 is 2.30 bits per heavy atom. The van der Waals surface area contributed by atoms with Gasteiger partial charge in [0.05, 0.1) is 0 Å². The first kappa shape index (κ1) is 4.53. The summed E-state index contributed by atoms with van der Waals surface area (Å²) in [5, 5.41) is 0. The molecule has 1 nitrogen and oxygen atoms in total. The lowest BCUT2D eigenvalue weighted by molar-refractivity contribution is -0.125. The van der Waals surface area contributed by atoms with Crippen molar-refractivity contribution in [3.8, 4) is 0 Å². The van der Waals surface area contributed by atoms with E-state index in [2.05, 4.69) is 0 Å². The molecule has 10 heavy (non-hydrogen) atoms. The zero-order valence-corrected chi connectivity index (χ0v) is 5.79. The summed E-state index contributed by atoms with van der Waals surface area (Å²) in [6.07, 6.45) is 2.56. The second-order valence-electron chi connectivity index (χ2n) is 4.58. The maximum Gasteiger partial charge on any atom is 0.139 e. The van der Waals surface area contributed by atoms with Gasteiger partial charge in [0.2, 0.25) is 0 Å². The Kier molecular flexibility index (Phi) is 0.449. The number of carbonyl (C=O) groups excluding carboxylic acids is 1. The molecule has 1 heteroatoms. The maximum atomic E-state index is 11.4. The number of hydrogen-bond donors (Lipinski definition) is 0. The monoisotopic (exact) mass is 134 g/mol. The van der Waals surface area contributed by atoms with Gasteiger partial charge in [-0.15, -0.1) is 0 Å². The van der Waals surface area contributed by atoms with Crippen LogP contribution in [-0.2, 0) is 4.79 Å². The molecule has 5 rings (SSSR count). The molecule has 5 saturated carbocycles. The van der Waals surface area contributed by atoms with E-state index in [1.54, 1.807) is 0 Å². The molecule has 0 aliphatic heterocycles. The molecule has 5 fully saturated rings. The first-order valence-electron chi connectivity index (χ1n) is 4.41. The molecule has 0 heterocycles. The van der Waals surface area contributed by atoms with Gasteiger partial charge in [0.1, 0.15) is 5.78 Å². The van der Waals surface area contributed by atoms with Crippen molar-refractivity contribution in [2.24, 2.45) is 35.5 Å². The predicted molar refractivity (Wildman–Crippen MR) is 35.2 cm³/mol. The molecule has 5 aliphatic carbocycles. The van der Waals surface area contributed by atoms with Gasteiger partial charge >= 0.3 is 0 Å². The third-order valence-corrected chi connectivity index (χ3v) is 4.52. The molecule has 0 amide bonds. The van der Waals surface area contributed by atoms with Gasteiger partial charge in [-0.2, -0.15) is 0 Å². The minimum Gasteiger partial charge on any atom is -0.299 e. The highest BCUT2D eigenvalue weighted by atomic mass is 16.1. The molecule has 0 saturated heterocycles. The van der Waals surface area contributed by atoms with E-state index >= 15 is 0 Å². The lowest BCUT2D eigenvalue weighted by atomic mass is 9.77. The van der Waals surface area contributed by atoms with E-state index < -0.39 is 0 Å². The summed E-state index contributed by atoms with van der Waals surface area (Å²) in [6, 6.07) is 0. The molecule has 4 atom stereocenters. The highest BCUT2D eigenvalue weighted by molar-refractivity contribution is 5.90. The average molecular weight is 134 g/mol. The summed E-state index contributed by atoms with van der Waals surface area (Å²) < 4.78 is 0. The summed E-state index contributed by atoms with van der Waals surface area (Å²) in [4.78, 5) is 11.4. The molecule has 0 spiro atoms. The van der Waals surface area contributed by atoms with E-state index in [1.165, 1.54) is 12.8 Å². The van der Waals surface area contributed by atoms with Crippen molar-refractivity contribution in [3.63, 3.8) is 0 Å². The van der Waals surface area contributed by atoms with Crippen molar-refractivity contribution in [2.45, 2.75) is 12.8 Å². The van der Waals surface area contributed by atoms with Crippen molar-refractivity contribution in [2.75, 3.05) is 0 Å². The van der Waals surface area contributed by atoms with Crippen LogP contribution in [0.1, 0.15) is 12.8 Å². The van der Waals surface area contributed by atoms with Crippen LogP contribution in [0.2, 0.25) is 0 Å². The van der Waals surface area contributed by atoms with Crippen molar-refractivity contribution >= 4 is 5.78 Å². The Bertz CT molecular complexity index is 223. The molecule has 5 aliphatic rings. The first-order chi connectivity index (χ1) is 4.88. The van der Waals surface area contributed by atoms with Gasteiger partial charge in [-0.25, -0.2) is 0 Å². The fourth-order valence-corrected chi connectivity index (χ4v) is 4.19. The Morgan fingerprint density at radius 2 is 1.70 bits per heavy atom. The summed E-state index contributed by atoms with van der Waals surface area (Å²) in [5.74, 6) is 5.67. The van der Waals surface area contributed by atoms with E-state index in [-0.39, 0.29) is 0 Å². The summed E-state index contributed by atoms with van der Waals surface area (Å²) in [7, 11) is 0. The van der Waals surface area contributed by atoms with E-state index in [1.807, 2.05) is 0 Å². The Labute approximate surface area is 59.8 Å². The number of Topliss-reactive ketones (excluding diaryl/α,β-unsaturated/α-hetero) is 1. The Balaban J connectivity index is 1.94. The lowest BCUT2D eigenvalue weighted by Crippen LogP contribution is -2.23. The molecule has 4 unspecified atom stereocenters. The molecule has 52 valence electrons. The Morgan fingerprint density at radius 1 is 1.10 bits per heavy atom. The molecular weight excluding hydrogens is 124 g/mol. The van der Waals surface area contributed by atoms with Gasteiger partial charge in [-0.3, -0.25) is 4.79 Å². The Hall–Kier alpha value is -0.330. The third kappa shape index (κ3) is 0.240. The fraction of sp³-hybridized carbons (Fsp3) is 0.889. The summed E-state index contributed by atoms with van der Waals surface area (Å²) in [6.45, 7) is 0. The van der Waals surface area contributed by atoms with Crippen LogP contribution in [0.25, 0.3) is 0 Å². The number of rotatable bonds is 0. The van der Waals surface area contributed by atoms with Crippen LogP contribution in [0.5, 0.6) is 0 Å². The maximum absolute atomic E-state index is 11.4. The quantitative estimate of drug-likeness (QED) is 0.484. The molecule has 0 aromatic heterocycles. The van der Waals surface area contributed by atoms with Crippen LogP contribution in [-0.4, -0.2) is 5.78 Å². The van der Waals surface area contributed by atoms with Crippen LogP contribution in [0.3, 0.4) is 0 Å². The zero-order chi connectivity index (χ0) is 6.46. The zero-order valence-electron chi connectivity index (χ0n) is 5.79. The number of ketones is 1. The minimum atomic E-state index is 0.537. The SMILES string of the molecule is O=C1C2CC3C(C2)C2C1C32. The molecule has 0 aromatic carbocycles. The van der Waals surface area contributed by atoms with Crippen LogP contribution in [0.4, 0.5) is 0 Å². The minimum absolute atomic E-state index is 0.537. The average Bonchev–Trinajstić information content (AvgIpc) is 2.54. The smallest absolute Gasteiger partial charge is 0.139 e. The molecule has 0 aromatic rings. The van der Waals surface area contributed by atoms with Gasteiger partial charge in [0.15, 0.2) is 0 Å². The standard InChI is InChI=1S/C9H10O/c10-9-3-1-4-5(2-3)7-6(4)8(7)9/h3-8H,1-2H2. The van der Waals surface area contributed by atoms with E-state index in [9.17, 15) is 4.79 Å². The number of carbonyl (C=O) groups is 1. The van der Waals surface area contributed by atoms with Gasteiger partial charge in [0.25, 0.3) is 0 Å². The van der Waals surface area contributed by atoms with Crippen LogP contribution >= 0.6 is 0 Å². The molecular formula is C9H10O. The van der Waals surface area contributed by atoms with E-state index in [0.717, 1.165) is 23.7 Å². The predicted octanol–water partition coefficient (Wildman–Crippen LogP) is 1.09. The molecule has 0 N–H and O–H groups in total. The van der Waals surface area contributed by atoms with Gasteiger partial charge < -0.3 is 0 Å². The van der Waals surface area contributed by atoms with Gasteiger partial charge in [0, 0.05) is 11.8 Å². The van der Waals surface area contributed by atoms with Crippen LogP contribution in [0, 0.1) is 35.5 Å². The van der Waals surface area contributed by atoms with Crippen LogP contribution in [0.15, 0.2) is 0 Å². The van der Waals surface area contributed by atoms with Crippen LogP contribution < -0.4 is 0 Å². The third-order valence-electron chi connectivity index (χ3n) is 4.52. The lowest BCUT2D eigenvalue weighted by Gasteiger charge is -2.28. The number of hydrogen-bond acceptors (Lipinski definition) is 1. The summed E-state index contributed by atoms with van der Waals surface area (Å²) >= 11 is 0. The van der Waals surface area contributed by atoms with E-state index in [4.69, 9.17) is 0 Å². The molecule has 0 radical (unpaired) electrons. The first-order valence-corrected chi connectivity index (χ1v) is 4.41. The van der Waals surface area contributed by atoms with Crippen molar-refractivity contribution in [1.29, 1.82) is 0 Å². The fourth-order valence-electron chi connectivity index (χ4n) is 4.19. The second-order valence-corrected chi connectivity index (χ2v) is 4.58. The van der Waals surface area contributed by atoms with Gasteiger partial charge in [-0.1, -0.05) is 0 Å². The highest BCUT2D eigenvalue weighted by Gasteiger charge is 2.78. The topological polar surface area (TPSA) is 17.1 Å². The largest absolute Gasteiger partial charge is 0.299 e. The normalized spacial score (nSPS) is 73.4. The molecule has 4 bridgehead atoms.